The molecule has 0 saturated carbocycles. The van der Waals surface area contributed by atoms with Crippen LogP contribution in [0, 0.1) is 0 Å². The number of hydrogen-bond acceptors (Lipinski definition) is 4. The molecule has 2 aromatic heterocycles. The summed E-state index contributed by atoms with van der Waals surface area (Å²) in [6, 6.07) is 8.88. The highest BCUT2D eigenvalue weighted by molar-refractivity contribution is 6.28. The molecule has 3 aromatic rings. The van der Waals surface area contributed by atoms with E-state index in [0.29, 0.717) is 22.3 Å². The van der Waals surface area contributed by atoms with Crippen molar-refractivity contribution in [3.05, 3.63) is 47.9 Å². The largest absolute Gasteiger partial charge is 0.573 e. The molecule has 0 aliphatic carbocycles. The molecule has 0 atom stereocenters. The van der Waals surface area contributed by atoms with E-state index in [0.717, 1.165) is 0 Å². The van der Waals surface area contributed by atoms with Gasteiger partial charge in [-0.25, -0.2) is 15.0 Å². The number of ether oxygens (including phenoxy) is 1. The van der Waals surface area contributed by atoms with Gasteiger partial charge < -0.3 is 4.74 Å². The fraction of sp³-hybridized carbons (Fsp3) is 0.0714. The zero-order valence-electron chi connectivity index (χ0n) is 10.8. The summed E-state index contributed by atoms with van der Waals surface area (Å²) in [7, 11) is 0. The van der Waals surface area contributed by atoms with Crippen LogP contribution < -0.4 is 4.74 Å². The summed E-state index contributed by atoms with van der Waals surface area (Å²) in [4.78, 5) is 12.1. The number of fused-ring (bicyclic) bond motifs is 1. The van der Waals surface area contributed by atoms with Crippen molar-refractivity contribution < 1.29 is 17.9 Å². The molecule has 0 saturated heterocycles. The summed E-state index contributed by atoms with van der Waals surface area (Å²) in [5, 5.41) is 0.0997. The van der Waals surface area contributed by atoms with E-state index >= 15 is 0 Å². The molecular weight excluding hydrogens is 319 g/mol. The lowest BCUT2D eigenvalue weighted by molar-refractivity contribution is -0.274. The molecule has 0 radical (unpaired) electrons. The van der Waals surface area contributed by atoms with Crippen molar-refractivity contribution in [3.63, 3.8) is 0 Å². The predicted octanol–water partition coefficient (Wildman–Crippen LogP) is 4.24. The fourth-order valence-electron chi connectivity index (χ4n) is 1.91. The first-order valence-electron chi connectivity index (χ1n) is 6.06. The van der Waals surface area contributed by atoms with Crippen molar-refractivity contribution in [2.24, 2.45) is 0 Å². The Morgan fingerprint density at radius 2 is 1.82 bits per heavy atom. The highest BCUT2D eigenvalue weighted by Gasteiger charge is 2.31. The molecule has 0 N–H and O–H groups in total. The van der Waals surface area contributed by atoms with Crippen LogP contribution in [0.1, 0.15) is 0 Å². The number of alkyl halides is 3. The summed E-state index contributed by atoms with van der Waals surface area (Å²) in [6.45, 7) is 0. The standard InChI is InChI=1S/C14H7ClF3N3O/c15-13-19-7-12-11(21-13)5-4-10(20-12)8-2-1-3-9(6-8)22-14(16,17)18/h1-7H. The lowest BCUT2D eigenvalue weighted by atomic mass is 10.1. The van der Waals surface area contributed by atoms with Gasteiger partial charge in [0, 0.05) is 5.56 Å². The van der Waals surface area contributed by atoms with Crippen LogP contribution >= 0.6 is 11.6 Å². The van der Waals surface area contributed by atoms with E-state index in [2.05, 4.69) is 19.7 Å². The van der Waals surface area contributed by atoms with Gasteiger partial charge in [0.15, 0.2) is 0 Å². The van der Waals surface area contributed by atoms with E-state index in [1.165, 1.54) is 24.4 Å². The molecule has 0 bridgehead atoms. The quantitative estimate of drug-likeness (QED) is 0.661. The number of halogens is 4. The molecule has 1 aromatic carbocycles. The van der Waals surface area contributed by atoms with Gasteiger partial charge in [0.2, 0.25) is 5.28 Å². The Balaban J connectivity index is 2.00. The lowest BCUT2D eigenvalue weighted by Gasteiger charge is -2.10. The van der Waals surface area contributed by atoms with Gasteiger partial charge in [-0.05, 0) is 35.9 Å². The Morgan fingerprint density at radius 1 is 1.00 bits per heavy atom. The molecule has 22 heavy (non-hydrogen) atoms. The number of nitrogens with zero attached hydrogens (tertiary/aromatic N) is 3. The number of hydrogen-bond donors (Lipinski definition) is 0. The zero-order valence-corrected chi connectivity index (χ0v) is 11.6. The Bertz CT molecular complexity index is 839. The first-order valence-corrected chi connectivity index (χ1v) is 6.44. The van der Waals surface area contributed by atoms with Gasteiger partial charge in [0.25, 0.3) is 0 Å². The minimum Gasteiger partial charge on any atom is -0.406 e. The third-order valence-corrected chi connectivity index (χ3v) is 2.95. The maximum atomic E-state index is 12.3. The van der Waals surface area contributed by atoms with Gasteiger partial charge >= 0.3 is 6.36 Å². The molecule has 4 nitrogen and oxygen atoms in total. The van der Waals surface area contributed by atoms with Crippen molar-refractivity contribution >= 4 is 22.6 Å². The van der Waals surface area contributed by atoms with Crippen molar-refractivity contribution in [3.8, 4) is 17.0 Å². The summed E-state index contributed by atoms with van der Waals surface area (Å²) in [5.74, 6) is -0.306. The Labute approximate surface area is 127 Å². The summed E-state index contributed by atoms with van der Waals surface area (Å²) in [5.41, 5.74) is 2.00. The smallest absolute Gasteiger partial charge is 0.406 e. The molecule has 112 valence electrons. The topological polar surface area (TPSA) is 47.9 Å². The van der Waals surface area contributed by atoms with E-state index in [1.807, 2.05) is 0 Å². The van der Waals surface area contributed by atoms with Crippen molar-refractivity contribution in [1.29, 1.82) is 0 Å². The molecular formula is C14H7ClF3N3O. The number of rotatable bonds is 2. The molecule has 0 aliphatic rings. The van der Waals surface area contributed by atoms with E-state index in [4.69, 9.17) is 11.6 Å². The van der Waals surface area contributed by atoms with E-state index in [-0.39, 0.29) is 11.0 Å². The van der Waals surface area contributed by atoms with E-state index < -0.39 is 6.36 Å². The second-order valence-corrected chi connectivity index (χ2v) is 4.65. The van der Waals surface area contributed by atoms with Gasteiger partial charge in [0.05, 0.1) is 17.4 Å². The average Bonchev–Trinajstić information content (AvgIpc) is 2.45. The third kappa shape index (κ3) is 3.25. The van der Waals surface area contributed by atoms with Crippen molar-refractivity contribution in [1.82, 2.24) is 15.0 Å². The van der Waals surface area contributed by atoms with Crippen LogP contribution in [0.4, 0.5) is 13.2 Å². The van der Waals surface area contributed by atoms with E-state index in [1.54, 1.807) is 18.2 Å². The van der Waals surface area contributed by atoms with Crippen LogP contribution in [0.2, 0.25) is 5.28 Å². The molecule has 0 spiro atoms. The van der Waals surface area contributed by atoms with Gasteiger partial charge in [-0.2, -0.15) is 0 Å². The summed E-state index contributed by atoms with van der Waals surface area (Å²) < 4.78 is 40.7. The second-order valence-electron chi connectivity index (χ2n) is 4.32. The Morgan fingerprint density at radius 3 is 2.59 bits per heavy atom. The first-order chi connectivity index (χ1) is 10.4. The number of benzene rings is 1. The minimum absolute atomic E-state index is 0.0997. The second kappa shape index (κ2) is 5.42. The fourth-order valence-corrected chi connectivity index (χ4v) is 2.05. The van der Waals surface area contributed by atoms with Gasteiger partial charge in [-0.15, -0.1) is 13.2 Å². The maximum Gasteiger partial charge on any atom is 0.573 e. The van der Waals surface area contributed by atoms with Crippen LogP contribution in [-0.2, 0) is 0 Å². The molecule has 0 aliphatic heterocycles. The summed E-state index contributed by atoms with van der Waals surface area (Å²) in [6.07, 6.45) is -3.29. The Hall–Kier alpha value is -2.41. The molecule has 0 unspecified atom stereocenters. The average molecular weight is 326 g/mol. The van der Waals surface area contributed by atoms with Crippen LogP contribution in [0.3, 0.4) is 0 Å². The van der Waals surface area contributed by atoms with Crippen LogP contribution in [0.25, 0.3) is 22.3 Å². The van der Waals surface area contributed by atoms with Crippen molar-refractivity contribution in [2.75, 3.05) is 0 Å². The Kier molecular flexibility index (Phi) is 3.58. The van der Waals surface area contributed by atoms with Crippen LogP contribution in [-0.4, -0.2) is 21.3 Å². The predicted molar refractivity (Wildman–Crippen MR) is 74.5 cm³/mol. The SMILES string of the molecule is FC(F)(F)Oc1cccc(-c2ccc3nc(Cl)ncc3n2)c1. The number of aromatic nitrogens is 3. The lowest BCUT2D eigenvalue weighted by Crippen LogP contribution is -2.17. The van der Waals surface area contributed by atoms with Crippen molar-refractivity contribution in [2.45, 2.75) is 6.36 Å². The third-order valence-electron chi connectivity index (χ3n) is 2.77. The van der Waals surface area contributed by atoms with Crippen LogP contribution in [0.15, 0.2) is 42.6 Å². The van der Waals surface area contributed by atoms with E-state index in [9.17, 15) is 13.2 Å². The van der Waals surface area contributed by atoms with Crippen LogP contribution in [0.5, 0.6) is 5.75 Å². The minimum atomic E-state index is -4.74. The monoisotopic (exact) mass is 325 g/mol. The maximum absolute atomic E-state index is 12.3. The highest BCUT2D eigenvalue weighted by Crippen LogP contribution is 2.27. The molecule has 0 fully saturated rings. The number of pyridine rings is 1. The van der Waals surface area contributed by atoms with Gasteiger partial charge in [-0.3, -0.25) is 0 Å². The van der Waals surface area contributed by atoms with Gasteiger partial charge in [-0.1, -0.05) is 12.1 Å². The molecule has 2 heterocycles. The highest BCUT2D eigenvalue weighted by atomic mass is 35.5. The zero-order chi connectivity index (χ0) is 15.7. The molecule has 0 amide bonds. The normalized spacial score (nSPS) is 11.6. The molecule has 3 rings (SSSR count). The first kappa shape index (κ1) is 14.5. The summed E-state index contributed by atoms with van der Waals surface area (Å²) >= 11 is 5.68. The molecule has 8 heteroatoms. The van der Waals surface area contributed by atoms with Gasteiger partial charge in [0.1, 0.15) is 11.3 Å².